The van der Waals surface area contributed by atoms with Crippen molar-refractivity contribution in [1.29, 1.82) is 0 Å². The van der Waals surface area contributed by atoms with Crippen molar-refractivity contribution in [2.75, 3.05) is 18.9 Å². The van der Waals surface area contributed by atoms with Crippen LogP contribution in [0.2, 0.25) is 0 Å². The summed E-state index contributed by atoms with van der Waals surface area (Å²) in [4.78, 5) is 11.2. The molecule has 3 rings (SSSR count). The van der Waals surface area contributed by atoms with E-state index in [1.165, 1.54) is 18.4 Å². The molecule has 1 N–H and O–H groups in total. The summed E-state index contributed by atoms with van der Waals surface area (Å²) in [6, 6.07) is 10.9. The van der Waals surface area contributed by atoms with Gasteiger partial charge in [0, 0.05) is 32.0 Å². The Balaban J connectivity index is 1.78. The second kappa shape index (κ2) is 6.01. The van der Waals surface area contributed by atoms with Crippen molar-refractivity contribution in [3.05, 3.63) is 54.0 Å². The maximum atomic E-state index is 4.44. The molecule has 1 aliphatic heterocycles. The Morgan fingerprint density at radius 1 is 1.25 bits per heavy atom. The van der Waals surface area contributed by atoms with Crippen LogP contribution in [0.3, 0.4) is 0 Å². The minimum Gasteiger partial charge on any atom is -0.373 e. The van der Waals surface area contributed by atoms with Gasteiger partial charge in [0.15, 0.2) is 0 Å². The third-order valence-electron chi connectivity index (χ3n) is 3.88. The lowest BCUT2D eigenvalue weighted by atomic mass is 10.1. The fourth-order valence-electron chi connectivity index (χ4n) is 2.88. The van der Waals surface area contributed by atoms with Gasteiger partial charge in [0.2, 0.25) is 0 Å². The molecular weight excluding hydrogens is 248 g/mol. The fourth-order valence-corrected chi connectivity index (χ4v) is 2.88. The molecule has 1 atom stereocenters. The molecule has 2 aromatic rings. The third kappa shape index (κ3) is 2.80. The van der Waals surface area contributed by atoms with Crippen molar-refractivity contribution in [1.82, 2.24) is 14.9 Å². The summed E-state index contributed by atoms with van der Waals surface area (Å²) in [5, 5.41) is 3.11. The predicted octanol–water partition coefficient (Wildman–Crippen LogP) is 2.86. The highest BCUT2D eigenvalue weighted by Crippen LogP contribution is 2.33. The molecule has 3 heterocycles. The first kappa shape index (κ1) is 13.1. The van der Waals surface area contributed by atoms with Gasteiger partial charge in [-0.25, -0.2) is 4.98 Å². The minimum absolute atomic E-state index is 0.479. The van der Waals surface area contributed by atoms with Crippen LogP contribution in [-0.4, -0.2) is 28.5 Å². The molecule has 2 aromatic heterocycles. The molecule has 4 nitrogen and oxygen atoms in total. The smallest absolute Gasteiger partial charge is 0.125 e. The molecule has 1 unspecified atom stereocenters. The monoisotopic (exact) mass is 268 g/mol. The number of aromatic nitrogens is 2. The van der Waals surface area contributed by atoms with Crippen molar-refractivity contribution in [2.24, 2.45) is 0 Å². The Morgan fingerprint density at radius 2 is 2.20 bits per heavy atom. The van der Waals surface area contributed by atoms with E-state index in [2.05, 4.69) is 44.5 Å². The third-order valence-corrected chi connectivity index (χ3v) is 3.88. The highest BCUT2D eigenvalue weighted by atomic mass is 15.2. The summed E-state index contributed by atoms with van der Waals surface area (Å²) in [7, 11) is 1.91. The molecule has 0 spiro atoms. The van der Waals surface area contributed by atoms with Crippen LogP contribution in [-0.2, 0) is 6.54 Å². The van der Waals surface area contributed by atoms with Gasteiger partial charge >= 0.3 is 0 Å². The second-order valence-electron chi connectivity index (χ2n) is 5.17. The number of nitrogens with zero attached hydrogens (tertiary/aromatic N) is 3. The first-order chi connectivity index (χ1) is 9.86. The van der Waals surface area contributed by atoms with Crippen molar-refractivity contribution in [2.45, 2.75) is 25.4 Å². The molecule has 0 aromatic carbocycles. The van der Waals surface area contributed by atoms with Gasteiger partial charge in [-0.2, -0.15) is 0 Å². The standard InChI is InChI=1S/C16H20N4/c1-17-16-11-13(7-9-19-16)15-6-4-10-20(15)12-14-5-2-3-8-18-14/h2-3,5,7-9,11,15H,4,6,10,12H2,1H3,(H,17,19). The van der Waals surface area contributed by atoms with Crippen LogP contribution in [0.5, 0.6) is 0 Å². The fraction of sp³-hybridized carbons (Fsp3) is 0.375. The SMILES string of the molecule is CNc1cc(C2CCCN2Cc2ccccn2)ccn1. The lowest BCUT2D eigenvalue weighted by Crippen LogP contribution is -2.23. The van der Waals surface area contributed by atoms with Crippen LogP contribution >= 0.6 is 0 Å². The van der Waals surface area contributed by atoms with Gasteiger partial charge in [-0.3, -0.25) is 9.88 Å². The van der Waals surface area contributed by atoms with E-state index >= 15 is 0 Å². The number of anilines is 1. The molecule has 1 aliphatic rings. The van der Waals surface area contributed by atoms with Gasteiger partial charge in [-0.1, -0.05) is 6.07 Å². The van der Waals surface area contributed by atoms with Crippen LogP contribution in [0.1, 0.15) is 30.1 Å². The van der Waals surface area contributed by atoms with E-state index in [0.717, 1.165) is 24.6 Å². The largest absolute Gasteiger partial charge is 0.373 e. The zero-order valence-corrected chi connectivity index (χ0v) is 11.8. The van der Waals surface area contributed by atoms with Gasteiger partial charge in [0.1, 0.15) is 5.82 Å². The zero-order chi connectivity index (χ0) is 13.8. The number of hydrogen-bond acceptors (Lipinski definition) is 4. The van der Waals surface area contributed by atoms with Gasteiger partial charge in [-0.05, 0) is 49.2 Å². The van der Waals surface area contributed by atoms with E-state index in [1.54, 1.807) is 0 Å². The quantitative estimate of drug-likeness (QED) is 0.925. The summed E-state index contributed by atoms with van der Waals surface area (Å²) in [5.41, 5.74) is 2.49. The molecule has 0 radical (unpaired) electrons. The average molecular weight is 268 g/mol. The molecule has 0 saturated carbocycles. The van der Waals surface area contributed by atoms with Crippen LogP contribution < -0.4 is 5.32 Å². The van der Waals surface area contributed by atoms with Gasteiger partial charge in [0.25, 0.3) is 0 Å². The lowest BCUT2D eigenvalue weighted by Gasteiger charge is -2.24. The Morgan fingerprint density at radius 3 is 3.00 bits per heavy atom. The average Bonchev–Trinajstić information content (AvgIpc) is 2.96. The Labute approximate surface area is 119 Å². The van der Waals surface area contributed by atoms with Crippen molar-refractivity contribution < 1.29 is 0 Å². The van der Waals surface area contributed by atoms with Crippen LogP contribution in [0, 0.1) is 0 Å². The van der Waals surface area contributed by atoms with Gasteiger partial charge < -0.3 is 5.32 Å². The first-order valence-corrected chi connectivity index (χ1v) is 7.14. The summed E-state index contributed by atoms with van der Waals surface area (Å²) >= 11 is 0. The van der Waals surface area contributed by atoms with E-state index in [4.69, 9.17) is 0 Å². The molecule has 4 heteroatoms. The number of nitrogens with one attached hydrogen (secondary N) is 1. The molecule has 104 valence electrons. The number of hydrogen-bond donors (Lipinski definition) is 1. The molecule has 1 saturated heterocycles. The molecule has 0 amide bonds. The van der Waals surface area contributed by atoms with Crippen molar-refractivity contribution in [3.63, 3.8) is 0 Å². The van der Waals surface area contributed by atoms with E-state index < -0.39 is 0 Å². The van der Waals surface area contributed by atoms with Crippen molar-refractivity contribution in [3.8, 4) is 0 Å². The highest BCUT2D eigenvalue weighted by Gasteiger charge is 2.26. The minimum atomic E-state index is 0.479. The van der Waals surface area contributed by atoms with E-state index in [1.807, 2.05) is 25.5 Å². The summed E-state index contributed by atoms with van der Waals surface area (Å²) in [5.74, 6) is 0.937. The van der Waals surface area contributed by atoms with Crippen LogP contribution in [0.4, 0.5) is 5.82 Å². The summed E-state index contributed by atoms with van der Waals surface area (Å²) in [6.45, 7) is 2.06. The lowest BCUT2D eigenvalue weighted by molar-refractivity contribution is 0.245. The summed E-state index contributed by atoms with van der Waals surface area (Å²) in [6.07, 6.45) is 6.21. The zero-order valence-electron chi connectivity index (χ0n) is 11.8. The first-order valence-electron chi connectivity index (χ1n) is 7.14. The number of likely N-dealkylation sites (tertiary alicyclic amines) is 1. The molecule has 0 aliphatic carbocycles. The molecule has 1 fully saturated rings. The number of rotatable bonds is 4. The Bertz CT molecular complexity index is 555. The predicted molar refractivity (Wildman–Crippen MR) is 80.4 cm³/mol. The Hall–Kier alpha value is -1.94. The van der Waals surface area contributed by atoms with Crippen molar-refractivity contribution >= 4 is 5.82 Å². The molecule has 20 heavy (non-hydrogen) atoms. The van der Waals surface area contributed by atoms with Crippen LogP contribution in [0.25, 0.3) is 0 Å². The molecular formula is C16H20N4. The Kier molecular flexibility index (Phi) is 3.92. The van der Waals surface area contributed by atoms with E-state index in [0.29, 0.717) is 6.04 Å². The van der Waals surface area contributed by atoms with Gasteiger partial charge in [-0.15, -0.1) is 0 Å². The van der Waals surface area contributed by atoms with Gasteiger partial charge in [0.05, 0.1) is 5.69 Å². The van der Waals surface area contributed by atoms with E-state index in [-0.39, 0.29) is 0 Å². The topological polar surface area (TPSA) is 41.0 Å². The van der Waals surface area contributed by atoms with E-state index in [9.17, 15) is 0 Å². The second-order valence-corrected chi connectivity index (χ2v) is 5.17. The maximum absolute atomic E-state index is 4.44. The number of pyridine rings is 2. The maximum Gasteiger partial charge on any atom is 0.125 e. The van der Waals surface area contributed by atoms with Crippen LogP contribution in [0.15, 0.2) is 42.7 Å². The highest BCUT2D eigenvalue weighted by molar-refractivity contribution is 5.38. The molecule has 0 bridgehead atoms. The normalized spacial score (nSPS) is 19.1. The summed E-state index contributed by atoms with van der Waals surface area (Å²) < 4.78 is 0.